The van der Waals surface area contributed by atoms with Crippen LogP contribution in [0.2, 0.25) is 0 Å². The molecule has 2 aromatic rings. The summed E-state index contributed by atoms with van der Waals surface area (Å²) in [6.45, 7) is 0. The molecule has 100 valence electrons. The van der Waals surface area contributed by atoms with Crippen molar-refractivity contribution in [1.82, 2.24) is 0 Å². The highest BCUT2D eigenvalue weighted by Crippen LogP contribution is 2.24. The first-order valence-electron chi connectivity index (χ1n) is 6.36. The first-order chi connectivity index (χ1) is 9.20. The molecule has 0 aromatic heterocycles. The number of hydrogen-bond acceptors (Lipinski definition) is 3. The molecule has 3 heteroatoms. The Kier molecular flexibility index (Phi) is 4.42. The van der Waals surface area contributed by atoms with Crippen LogP contribution in [0.15, 0.2) is 48.5 Å². The van der Waals surface area contributed by atoms with Crippen molar-refractivity contribution in [3.05, 3.63) is 59.7 Å². The standard InChI is InChI=1S/C16H19NO2/c1-19-13-6-4-5-12(11-13)9-10-16(18)14-7-2-3-8-15(14)17/h2-8,11,16,18H,9-10,17H2,1H3. The van der Waals surface area contributed by atoms with Gasteiger partial charge in [0.1, 0.15) is 5.75 Å². The maximum absolute atomic E-state index is 10.2. The molecule has 0 heterocycles. The van der Waals surface area contributed by atoms with Crippen molar-refractivity contribution in [3.8, 4) is 5.75 Å². The minimum absolute atomic E-state index is 0.535. The zero-order valence-electron chi connectivity index (χ0n) is 11.0. The lowest BCUT2D eigenvalue weighted by molar-refractivity contribution is 0.168. The first kappa shape index (κ1) is 13.4. The Balaban J connectivity index is 2.00. The second-order valence-corrected chi connectivity index (χ2v) is 4.53. The molecule has 1 atom stereocenters. The first-order valence-corrected chi connectivity index (χ1v) is 6.36. The molecule has 19 heavy (non-hydrogen) atoms. The van der Waals surface area contributed by atoms with Gasteiger partial charge in [-0.05, 0) is 36.6 Å². The number of nitrogen functional groups attached to an aromatic ring is 1. The third kappa shape index (κ3) is 3.48. The van der Waals surface area contributed by atoms with Gasteiger partial charge in [0.15, 0.2) is 0 Å². The highest BCUT2D eigenvalue weighted by atomic mass is 16.5. The van der Waals surface area contributed by atoms with Gasteiger partial charge in [0.25, 0.3) is 0 Å². The molecule has 3 N–H and O–H groups in total. The van der Waals surface area contributed by atoms with E-state index in [2.05, 4.69) is 0 Å². The zero-order chi connectivity index (χ0) is 13.7. The van der Waals surface area contributed by atoms with Crippen molar-refractivity contribution < 1.29 is 9.84 Å². The molecule has 0 bridgehead atoms. The predicted octanol–water partition coefficient (Wildman–Crippen LogP) is 2.94. The fourth-order valence-corrected chi connectivity index (χ4v) is 2.10. The van der Waals surface area contributed by atoms with Gasteiger partial charge in [-0.1, -0.05) is 30.3 Å². The maximum Gasteiger partial charge on any atom is 0.119 e. The minimum Gasteiger partial charge on any atom is -0.497 e. The van der Waals surface area contributed by atoms with E-state index in [9.17, 15) is 5.11 Å². The molecule has 2 rings (SSSR count). The van der Waals surface area contributed by atoms with E-state index in [1.165, 1.54) is 0 Å². The van der Waals surface area contributed by atoms with Gasteiger partial charge >= 0.3 is 0 Å². The van der Waals surface area contributed by atoms with Crippen LogP contribution in [-0.2, 0) is 6.42 Å². The van der Waals surface area contributed by atoms with E-state index in [4.69, 9.17) is 10.5 Å². The predicted molar refractivity (Wildman–Crippen MR) is 77.1 cm³/mol. The highest BCUT2D eigenvalue weighted by molar-refractivity contribution is 5.47. The molecule has 2 aromatic carbocycles. The Morgan fingerprint density at radius 2 is 1.95 bits per heavy atom. The Bertz CT molecular complexity index is 540. The number of ether oxygens (including phenoxy) is 1. The lowest BCUT2D eigenvalue weighted by Gasteiger charge is -2.13. The molecule has 0 aliphatic rings. The monoisotopic (exact) mass is 257 g/mol. The Morgan fingerprint density at radius 3 is 2.68 bits per heavy atom. The Labute approximate surface area is 113 Å². The number of para-hydroxylation sites is 1. The quantitative estimate of drug-likeness (QED) is 0.810. The third-order valence-electron chi connectivity index (χ3n) is 3.20. The number of anilines is 1. The van der Waals surface area contributed by atoms with Gasteiger partial charge in [0.05, 0.1) is 13.2 Å². The number of benzene rings is 2. The van der Waals surface area contributed by atoms with E-state index in [0.29, 0.717) is 12.1 Å². The van der Waals surface area contributed by atoms with Gasteiger partial charge in [-0.15, -0.1) is 0 Å². The van der Waals surface area contributed by atoms with Crippen molar-refractivity contribution in [2.24, 2.45) is 0 Å². The normalized spacial score (nSPS) is 12.1. The number of aryl methyl sites for hydroxylation is 1. The number of nitrogens with two attached hydrogens (primary N) is 1. The van der Waals surface area contributed by atoms with E-state index in [0.717, 1.165) is 23.3 Å². The van der Waals surface area contributed by atoms with Crippen molar-refractivity contribution in [2.75, 3.05) is 12.8 Å². The third-order valence-corrected chi connectivity index (χ3v) is 3.20. The summed E-state index contributed by atoms with van der Waals surface area (Å²) in [5.41, 5.74) is 8.44. The van der Waals surface area contributed by atoms with Gasteiger partial charge in [0, 0.05) is 11.3 Å². The fourth-order valence-electron chi connectivity index (χ4n) is 2.10. The van der Waals surface area contributed by atoms with Crippen molar-refractivity contribution in [3.63, 3.8) is 0 Å². The van der Waals surface area contributed by atoms with E-state index in [-0.39, 0.29) is 0 Å². The van der Waals surface area contributed by atoms with E-state index in [1.807, 2.05) is 48.5 Å². The molecule has 0 amide bonds. The summed E-state index contributed by atoms with van der Waals surface area (Å²) in [5, 5.41) is 10.2. The smallest absolute Gasteiger partial charge is 0.119 e. The molecule has 3 nitrogen and oxygen atoms in total. The molecule has 0 aliphatic heterocycles. The van der Waals surface area contributed by atoms with Crippen LogP contribution >= 0.6 is 0 Å². The largest absolute Gasteiger partial charge is 0.497 e. The fraction of sp³-hybridized carbons (Fsp3) is 0.250. The van der Waals surface area contributed by atoms with Crippen LogP contribution in [0, 0.1) is 0 Å². The van der Waals surface area contributed by atoms with Gasteiger partial charge < -0.3 is 15.6 Å². The average Bonchev–Trinajstić information content (AvgIpc) is 2.45. The summed E-state index contributed by atoms with van der Waals surface area (Å²) in [6, 6.07) is 15.3. The summed E-state index contributed by atoms with van der Waals surface area (Å²) in [4.78, 5) is 0. The Hall–Kier alpha value is -2.00. The molecule has 0 fully saturated rings. The SMILES string of the molecule is COc1cccc(CCC(O)c2ccccc2N)c1. The summed E-state index contributed by atoms with van der Waals surface area (Å²) in [5.74, 6) is 0.839. The topological polar surface area (TPSA) is 55.5 Å². The molecular weight excluding hydrogens is 238 g/mol. The lowest BCUT2D eigenvalue weighted by atomic mass is 10.00. The zero-order valence-corrected chi connectivity index (χ0v) is 11.0. The number of methoxy groups -OCH3 is 1. The van der Waals surface area contributed by atoms with Crippen LogP contribution in [0.25, 0.3) is 0 Å². The average molecular weight is 257 g/mol. The maximum atomic E-state index is 10.2. The van der Waals surface area contributed by atoms with Gasteiger partial charge in [-0.3, -0.25) is 0 Å². The van der Waals surface area contributed by atoms with Crippen LogP contribution in [-0.4, -0.2) is 12.2 Å². The second-order valence-electron chi connectivity index (χ2n) is 4.53. The van der Waals surface area contributed by atoms with Crippen LogP contribution in [0.3, 0.4) is 0 Å². The van der Waals surface area contributed by atoms with E-state index in [1.54, 1.807) is 7.11 Å². The molecule has 0 radical (unpaired) electrons. The summed E-state index contributed by atoms with van der Waals surface area (Å²) in [6.07, 6.45) is 0.890. The van der Waals surface area contributed by atoms with Crippen molar-refractivity contribution in [2.45, 2.75) is 18.9 Å². The second kappa shape index (κ2) is 6.25. The highest BCUT2D eigenvalue weighted by Gasteiger charge is 2.10. The number of rotatable bonds is 5. The molecule has 1 unspecified atom stereocenters. The van der Waals surface area contributed by atoms with E-state index >= 15 is 0 Å². The molecule has 0 saturated carbocycles. The van der Waals surface area contributed by atoms with Crippen molar-refractivity contribution >= 4 is 5.69 Å². The van der Waals surface area contributed by atoms with Gasteiger partial charge in [-0.25, -0.2) is 0 Å². The molecule has 0 spiro atoms. The Morgan fingerprint density at radius 1 is 1.16 bits per heavy atom. The number of hydrogen-bond donors (Lipinski definition) is 2. The van der Waals surface area contributed by atoms with E-state index < -0.39 is 6.10 Å². The van der Waals surface area contributed by atoms with Gasteiger partial charge in [0.2, 0.25) is 0 Å². The summed E-state index contributed by atoms with van der Waals surface area (Å²) in [7, 11) is 1.65. The molecular formula is C16H19NO2. The number of aliphatic hydroxyl groups excluding tert-OH is 1. The van der Waals surface area contributed by atoms with Gasteiger partial charge in [-0.2, -0.15) is 0 Å². The number of aliphatic hydroxyl groups is 1. The van der Waals surface area contributed by atoms with Crippen LogP contribution in [0.5, 0.6) is 5.75 Å². The molecule has 0 aliphatic carbocycles. The minimum atomic E-state index is -0.535. The summed E-state index contributed by atoms with van der Waals surface area (Å²) >= 11 is 0. The van der Waals surface area contributed by atoms with Crippen molar-refractivity contribution in [1.29, 1.82) is 0 Å². The molecule has 0 saturated heterocycles. The lowest BCUT2D eigenvalue weighted by Crippen LogP contribution is -2.03. The van der Waals surface area contributed by atoms with Crippen LogP contribution in [0.1, 0.15) is 23.7 Å². The van der Waals surface area contributed by atoms with Crippen LogP contribution in [0.4, 0.5) is 5.69 Å². The van der Waals surface area contributed by atoms with Crippen LogP contribution < -0.4 is 10.5 Å². The summed E-state index contributed by atoms with van der Waals surface area (Å²) < 4.78 is 5.18.